The van der Waals surface area contributed by atoms with Crippen LogP contribution in [0.15, 0.2) is 22.7 Å². The van der Waals surface area contributed by atoms with Crippen LogP contribution in [0.5, 0.6) is 0 Å². The maximum atomic E-state index is 3.52. The average Bonchev–Trinajstić information content (AvgIpc) is 1.95. The van der Waals surface area contributed by atoms with E-state index in [2.05, 4.69) is 61.6 Å². The minimum absolute atomic E-state index is 1.11. The number of rotatable bonds is 2. The first-order valence-electron chi connectivity index (χ1n) is 4.41. The molecule has 0 N–H and O–H groups in total. The van der Waals surface area contributed by atoms with Crippen molar-refractivity contribution in [3.8, 4) is 0 Å². The quantitative estimate of drug-likeness (QED) is 0.739. The molecule has 0 aromatic heterocycles. The highest BCUT2D eigenvalue weighted by Crippen LogP contribution is 2.20. The Morgan fingerprint density at radius 3 is 2.62 bits per heavy atom. The van der Waals surface area contributed by atoms with E-state index in [4.69, 9.17) is 0 Å². The number of nitrogens with zero attached hydrogens (tertiary/aromatic N) is 1. The van der Waals surface area contributed by atoms with Crippen molar-refractivity contribution in [3.05, 3.63) is 31.8 Å². The summed E-state index contributed by atoms with van der Waals surface area (Å²) in [5, 5.41) is 0. The Kier molecular flexibility index (Phi) is 3.26. The smallest absolute Gasteiger partial charge is 0.0234 e. The molecule has 1 nitrogen and oxygen atoms in total. The van der Waals surface area contributed by atoms with E-state index in [1.165, 1.54) is 33.1 Å². The second kappa shape index (κ2) is 4.28. The number of hydrogen-bond donors (Lipinski definition) is 0. The van der Waals surface area contributed by atoms with Gasteiger partial charge in [-0.1, -0.05) is 15.9 Å². The maximum Gasteiger partial charge on any atom is 0.0234 e. The van der Waals surface area contributed by atoms with Crippen LogP contribution < -0.4 is 0 Å². The summed E-state index contributed by atoms with van der Waals surface area (Å²) < 4.78 is 2.50. The fraction of sp³-hybridized carbons (Fsp3) is 0.400. The topological polar surface area (TPSA) is 3.24 Å². The van der Waals surface area contributed by atoms with Crippen LogP contribution in [0.4, 0.5) is 0 Å². The van der Waals surface area contributed by atoms with Crippen molar-refractivity contribution < 1.29 is 0 Å². The van der Waals surface area contributed by atoms with Crippen molar-refractivity contribution in [2.75, 3.05) is 13.1 Å². The minimum Gasteiger partial charge on any atom is -0.299 e. The van der Waals surface area contributed by atoms with E-state index in [1.54, 1.807) is 0 Å². The molecule has 13 heavy (non-hydrogen) atoms. The van der Waals surface area contributed by atoms with E-state index in [1.807, 2.05) is 0 Å². The third-order valence-corrected chi connectivity index (χ3v) is 3.36. The molecule has 0 radical (unpaired) electrons. The van der Waals surface area contributed by atoms with Crippen LogP contribution in [0.3, 0.4) is 0 Å². The molecule has 1 fully saturated rings. The summed E-state index contributed by atoms with van der Waals surface area (Å²) in [5.74, 6) is 0. The van der Waals surface area contributed by atoms with Crippen LogP contribution in [-0.4, -0.2) is 18.0 Å². The predicted octanol–water partition coefficient (Wildman–Crippen LogP) is 3.26. The summed E-state index contributed by atoms with van der Waals surface area (Å²) in [7, 11) is 0. The Morgan fingerprint density at radius 2 is 2.08 bits per heavy atom. The van der Waals surface area contributed by atoms with E-state index in [0.29, 0.717) is 0 Å². The lowest BCUT2D eigenvalue weighted by Crippen LogP contribution is -2.36. The molecule has 1 aromatic rings. The van der Waals surface area contributed by atoms with Crippen LogP contribution in [0.25, 0.3) is 0 Å². The van der Waals surface area contributed by atoms with Gasteiger partial charge < -0.3 is 0 Å². The highest BCUT2D eigenvalue weighted by molar-refractivity contribution is 14.1. The molecule has 0 aliphatic carbocycles. The molecule has 0 unspecified atom stereocenters. The van der Waals surface area contributed by atoms with Gasteiger partial charge in [0.1, 0.15) is 0 Å². The van der Waals surface area contributed by atoms with Gasteiger partial charge in [0.05, 0.1) is 0 Å². The summed E-state index contributed by atoms with van der Waals surface area (Å²) in [5.41, 5.74) is 1.42. The van der Waals surface area contributed by atoms with E-state index < -0.39 is 0 Å². The summed E-state index contributed by atoms with van der Waals surface area (Å²) in [4.78, 5) is 2.47. The maximum absolute atomic E-state index is 3.52. The molecule has 3 heteroatoms. The van der Waals surface area contributed by atoms with Gasteiger partial charge in [-0.25, -0.2) is 0 Å². The van der Waals surface area contributed by atoms with Crippen LogP contribution in [-0.2, 0) is 6.54 Å². The second-order valence-corrected chi connectivity index (χ2v) is 5.57. The van der Waals surface area contributed by atoms with Gasteiger partial charge in [0.15, 0.2) is 0 Å². The number of likely N-dealkylation sites (tertiary alicyclic amines) is 1. The molecule has 0 saturated carbocycles. The third-order valence-electron chi connectivity index (χ3n) is 2.28. The van der Waals surface area contributed by atoms with Crippen LogP contribution in [0, 0.1) is 3.57 Å². The normalized spacial score (nSPS) is 17.1. The summed E-state index contributed by atoms with van der Waals surface area (Å²) in [6, 6.07) is 6.60. The number of benzene rings is 1. The van der Waals surface area contributed by atoms with E-state index in [9.17, 15) is 0 Å². The average molecular weight is 352 g/mol. The number of hydrogen-bond acceptors (Lipinski definition) is 1. The van der Waals surface area contributed by atoms with Gasteiger partial charge in [0.25, 0.3) is 0 Å². The van der Waals surface area contributed by atoms with Crippen molar-refractivity contribution in [3.63, 3.8) is 0 Å². The molecule has 2 rings (SSSR count). The Labute approximate surface area is 101 Å². The highest BCUT2D eigenvalue weighted by Gasteiger charge is 2.13. The van der Waals surface area contributed by atoms with Gasteiger partial charge >= 0.3 is 0 Å². The molecule has 0 spiro atoms. The van der Waals surface area contributed by atoms with Crippen LogP contribution >= 0.6 is 38.5 Å². The van der Waals surface area contributed by atoms with Crippen molar-refractivity contribution in [1.82, 2.24) is 4.90 Å². The zero-order valence-corrected chi connectivity index (χ0v) is 11.0. The Balaban J connectivity index is 2.10. The number of halogens is 2. The molecule has 70 valence electrons. The fourth-order valence-corrected chi connectivity index (χ4v) is 3.20. The van der Waals surface area contributed by atoms with Gasteiger partial charge in [-0.05, 0) is 65.9 Å². The molecule has 0 amide bonds. The fourth-order valence-electron chi connectivity index (χ4n) is 1.50. The monoisotopic (exact) mass is 351 g/mol. The molecule has 1 aliphatic rings. The third kappa shape index (κ3) is 2.67. The molecular formula is C10H11BrIN. The standard InChI is InChI=1S/C10H11BrIN/c11-9-4-8(5-10(12)6-9)7-13-2-1-3-13/h4-6H,1-3,7H2. The zero-order chi connectivity index (χ0) is 9.26. The summed E-state index contributed by atoms with van der Waals surface area (Å²) >= 11 is 5.88. The molecule has 1 heterocycles. The zero-order valence-electron chi connectivity index (χ0n) is 7.26. The van der Waals surface area contributed by atoms with Crippen molar-refractivity contribution in [1.29, 1.82) is 0 Å². The molecular weight excluding hydrogens is 341 g/mol. The molecule has 1 aliphatic heterocycles. The van der Waals surface area contributed by atoms with Gasteiger partial charge in [0, 0.05) is 14.6 Å². The van der Waals surface area contributed by atoms with E-state index in [-0.39, 0.29) is 0 Å². The van der Waals surface area contributed by atoms with Gasteiger partial charge in [-0.3, -0.25) is 4.90 Å². The van der Waals surface area contributed by atoms with Crippen LogP contribution in [0.1, 0.15) is 12.0 Å². The van der Waals surface area contributed by atoms with Gasteiger partial charge in [-0.2, -0.15) is 0 Å². The van der Waals surface area contributed by atoms with Gasteiger partial charge in [-0.15, -0.1) is 0 Å². The van der Waals surface area contributed by atoms with Crippen molar-refractivity contribution in [2.45, 2.75) is 13.0 Å². The lowest BCUT2D eigenvalue weighted by Gasteiger charge is -2.30. The second-order valence-electron chi connectivity index (χ2n) is 3.41. The van der Waals surface area contributed by atoms with Crippen LogP contribution in [0.2, 0.25) is 0 Å². The molecule has 0 bridgehead atoms. The minimum atomic E-state index is 1.11. The SMILES string of the molecule is Brc1cc(I)cc(CN2CCC2)c1. The Bertz CT molecular complexity index is 290. The molecule has 0 atom stereocenters. The van der Waals surface area contributed by atoms with E-state index in [0.717, 1.165) is 6.54 Å². The predicted molar refractivity (Wildman–Crippen MR) is 66.8 cm³/mol. The largest absolute Gasteiger partial charge is 0.299 e. The lowest BCUT2D eigenvalue weighted by molar-refractivity contribution is 0.172. The summed E-state index contributed by atoms with van der Waals surface area (Å²) in [6.45, 7) is 3.64. The lowest BCUT2D eigenvalue weighted by atomic mass is 10.1. The first-order chi connectivity index (χ1) is 6.24. The first kappa shape index (κ1) is 9.93. The Morgan fingerprint density at radius 1 is 1.31 bits per heavy atom. The van der Waals surface area contributed by atoms with Gasteiger partial charge in [0.2, 0.25) is 0 Å². The molecule has 1 saturated heterocycles. The highest BCUT2D eigenvalue weighted by atomic mass is 127. The van der Waals surface area contributed by atoms with Crippen molar-refractivity contribution in [2.24, 2.45) is 0 Å². The summed E-state index contributed by atoms with van der Waals surface area (Å²) in [6.07, 6.45) is 1.37. The Hall–Kier alpha value is 0.390. The molecule has 1 aromatic carbocycles. The first-order valence-corrected chi connectivity index (χ1v) is 6.28. The van der Waals surface area contributed by atoms with E-state index >= 15 is 0 Å². The van der Waals surface area contributed by atoms with Crippen molar-refractivity contribution >= 4 is 38.5 Å².